The number of hydrogen-bond acceptors (Lipinski definition) is 25. The highest BCUT2D eigenvalue weighted by molar-refractivity contribution is 5.94. The van der Waals surface area contributed by atoms with Gasteiger partial charge in [0.25, 0.3) is 0 Å². The summed E-state index contributed by atoms with van der Waals surface area (Å²) >= 11 is 0. The van der Waals surface area contributed by atoms with Crippen molar-refractivity contribution in [2.24, 2.45) is 46.2 Å². The number of carbonyl (C=O) groups excluding carboxylic acids is 14. The van der Waals surface area contributed by atoms with Gasteiger partial charge < -0.3 is 132 Å². The molecule has 3 atom stereocenters. The minimum absolute atomic E-state index is 0. The summed E-state index contributed by atoms with van der Waals surface area (Å²) in [4.78, 5) is 137. The summed E-state index contributed by atoms with van der Waals surface area (Å²) < 4.78 is 0. The van der Waals surface area contributed by atoms with Gasteiger partial charge in [-0.2, -0.15) is 0 Å². The average molecular weight is 1460 g/mol. The maximum absolute atomic E-state index is 13.9. The summed E-state index contributed by atoms with van der Waals surface area (Å²) in [5.74, 6) is 0.639. The molecule has 1 aliphatic heterocycles. The zero-order valence-corrected chi connectivity index (χ0v) is 68.4. The Hall–Kier alpha value is -8.20. The number of aryl methyl sites for hydroxylation is 1. The van der Waals surface area contributed by atoms with Crippen LogP contribution in [0.4, 0.5) is 0 Å². The van der Waals surface area contributed by atoms with Gasteiger partial charge in [0.05, 0.1) is 0 Å². The van der Waals surface area contributed by atoms with Crippen molar-refractivity contribution in [1.82, 2.24) is 44.6 Å². The molecule has 29 nitrogen and oxygen atoms in total. The van der Waals surface area contributed by atoms with Crippen LogP contribution in [-0.2, 0) is 86.4 Å². The predicted molar refractivity (Wildman–Crippen MR) is 432 cm³/mol. The largest absolute Gasteiger partial charge is 0.394 e. The second-order valence-electron chi connectivity index (χ2n) is 16.6. The number of aliphatic hydroxyl groups is 1. The highest BCUT2D eigenvalue weighted by Gasteiger charge is 2.35. The summed E-state index contributed by atoms with van der Waals surface area (Å²) in [5.41, 5.74) is 30.2. The van der Waals surface area contributed by atoms with Crippen LogP contribution in [0.15, 0.2) is 91.0 Å². The van der Waals surface area contributed by atoms with E-state index in [1.807, 2.05) is 176 Å². The number of rotatable bonds is 12. The van der Waals surface area contributed by atoms with Gasteiger partial charge in [-0.15, -0.1) is 0 Å². The van der Waals surface area contributed by atoms with E-state index in [4.69, 9.17) is 53.1 Å². The Kier molecular flexibility index (Phi) is 295. The Labute approximate surface area is 616 Å². The summed E-state index contributed by atoms with van der Waals surface area (Å²) in [7, 11) is 12.2. The smallest absolute Gasteiger partial charge is 0.246 e. The molecule has 0 saturated carbocycles. The van der Waals surface area contributed by atoms with E-state index in [1.165, 1.54) is 71.0 Å². The zero-order valence-electron chi connectivity index (χ0n) is 68.4. The zero-order chi connectivity index (χ0) is 82.9. The van der Waals surface area contributed by atoms with Gasteiger partial charge >= 0.3 is 0 Å². The SMILES string of the molecule is C=O.C=O.C=O.C=O.C=O.C=O.C=O.C=O.C=O.C=O.CC.CC.CC.CC(=O)N(C)[C@@H](Cc1ccccc1)C(=O)N(C)[C@@H](Cc1ccccc1)C(=O)N[C@@H](C)C(=O)N1CCCCC1.CC(C)C.CC(C)O.CCC(C)C.CCc1ccccc1.CN.CN.CN.CN.CN.CN.N.N.N.N. The summed E-state index contributed by atoms with van der Waals surface area (Å²) in [5, 5.41) is 10.9. The molecule has 1 heterocycles. The number of nitrogens with one attached hydrogen (secondary N) is 1. The fraction of sp³-hybridized carbons (Fsp3) is 0.556. The highest BCUT2D eigenvalue weighted by Crippen LogP contribution is 2.16. The lowest BCUT2D eigenvalue weighted by atomic mass is 10.00. The number of likely N-dealkylation sites (N-methyl/N-ethyl adjacent to an activating group) is 2. The van der Waals surface area contributed by atoms with Crippen LogP contribution in [0.1, 0.15) is 160 Å². The van der Waals surface area contributed by atoms with E-state index in [-0.39, 0.29) is 54.8 Å². The number of amides is 4. The molecule has 0 spiro atoms. The lowest BCUT2D eigenvalue weighted by molar-refractivity contribution is -0.147. The molecule has 3 aromatic rings. The van der Waals surface area contributed by atoms with Gasteiger partial charge in [0.15, 0.2) is 0 Å². The van der Waals surface area contributed by atoms with Gasteiger partial charge in [-0.25, -0.2) is 0 Å². The monoisotopic (exact) mass is 1460 g/mol. The number of benzene rings is 3. The van der Waals surface area contributed by atoms with E-state index < -0.39 is 24.0 Å². The van der Waals surface area contributed by atoms with Crippen molar-refractivity contribution in [3.63, 3.8) is 0 Å². The second kappa shape index (κ2) is 180. The fourth-order valence-electron chi connectivity index (χ4n) is 5.55. The van der Waals surface area contributed by atoms with Gasteiger partial charge in [-0.3, -0.25) is 19.2 Å². The van der Waals surface area contributed by atoms with Crippen molar-refractivity contribution in [2.75, 3.05) is 69.5 Å². The lowest BCUT2D eigenvalue weighted by Crippen LogP contribution is -2.58. The number of nitrogens with two attached hydrogens (primary N) is 6. The molecule has 29 heteroatoms. The molecular weight excluding hydrogens is 1300 g/mol. The van der Waals surface area contributed by atoms with Gasteiger partial charge in [-0.1, -0.05) is 187 Å². The number of carbonyl (C=O) groups is 14. The molecule has 0 radical (unpaired) electrons. The predicted octanol–water partition coefficient (Wildman–Crippen LogP) is 8.34. The topological polar surface area (TPSA) is 577 Å². The minimum Gasteiger partial charge on any atom is -0.394 e. The molecule has 0 unspecified atom stereocenters. The lowest BCUT2D eigenvalue weighted by Gasteiger charge is -2.35. The van der Waals surface area contributed by atoms with Crippen molar-refractivity contribution in [1.29, 1.82) is 0 Å². The molecule has 101 heavy (non-hydrogen) atoms. The van der Waals surface area contributed by atoms with Crippen LogP contribution in [0.3, 0.4) is 0 Å². The number of piperidine rings is 1. The molecular formula is C72H160N14O15. The van der Waals surface area contributed by atoms with Crippen molar-refractivity contribution in [3.8, 4) is 0 Å². The first-order valence-electron chi connectivity index (χ1n) is 31.1. The van der Waals surface area contributed by atoms with Crippen LogP contribution < -0.4 is 64.3 Å². The van der Waals surface area contributed by atoms with Gasteiger partial charge in [0.2, 0.25) is 23.6 Å². The number of hydrogen-bond donors (Lipinski definition) is 12. The van der Waals surface area contributed by atoms with Crippen molar-refractivity contribution in [3.05, 3.63) is 108 Å². The molecule has 1 saturated heterocycles. The Morgan fingerprint density at radius 3 is 0.851 bits per heavy atom. The summed E-state index contributed by atoms with van der Waals surface area (Å²) in [6.07, 6.45) is 5.92. The molecule has 1 aliphatic rings. The summed E-state index contributed by atoms with van der Waals surface area (Å²) in [6.45, 7) is 55.3. The normalized spacial score (nSPS) is 8.72. The van der Waals surface area contributed by atoms with Gasteiger partial charge in [0.1, 0.15) is 86.0 Å². The van der Waals surface area contributed by atoms with E-state index in [1.54, 1.807) is 39.8 Å². The van der Waals surface area contributed by atoms with Crippen LogP contribution >= 0.6 is 0 Å². The van der Waals surface area contributed by atoms with Crippen molar-refractivity contribution in [2.45, 2.75) is 187 Å². The molecule has 26 N–H and O–H groups in total. The third-order valence-corrected chi connectivity index (χ3v) is 9.38. The van der Waals surface area contributed by atoms with E-state index in [2.05, 4.69) is 112 Å². The first kappa shape index (κ1) is 165. The van der Waals surface area contributed by atoms with Crippen LogP contribution in [0, 0.1) is 11.8 Å². The van der Waals surface area contributed by atoms with Crippen LogP contribution in [0.5, 0.6) is 0 Å². The molecule has 3 aromatic carbocycles. The third-order valence-electron chi connectivity index (χ3n) is 9.38. The van der Waals surface area contributed by atoms with Crippen LogP contribution in [0.25, 0.3) is 0 Å². The maximum Gasteiger partial charge on any atom is 0.246 e. The molecule has 1 fully saturated rings. The van der Waals surface area contributed by atoms with Gasteiger partial charge in [-0.05, 0) is 117 Å². The highest BCUT2D eigenvalue weighted by atomic mass is 16.3. The third kappa shape index (κ3) is 144. The Bertz CT molecular complexity index is 1740. The molecule has 608 valence electrons. The number of likely N-dealkylation sites (tertiary alicyclic amines) is 1. The molecule has 4 rings (SSSR count). The standard InChI is InChI=1S/C30H40N4O4.C8H10.C5H12.C4H10.C3H8O.3C2H6.6CH5N.10CH2O.4H3N/c1-22(29(37)34-18-12-7-13-19-34)31-28(36)26(20-24-14-8-5-9-15-24)33(4)30(38)27(32(3)23(2)35)21-25-16-10-6-11-17-25;1-2-8-6-4-3-5-7-8;1-4-5(2)3;1-4(2)3;1-3(2)4;19*1-2;;;;/h5-6,8-11,14-17,22,26-27H,7,12-13,18-21H2,1-4H3,(H,31,36);3-7H,2H2,1H3;5H,4H2,1-3H3;4H,1-3H3;3-4H,1-2H3;3*1-2H3;6*2H2,1H3;10*1H2;4*1H3/t22-,26-,27-;;;;;;;;;;;;;;;;;;;;;;;;;;;/m0.........................../s1. The first-order chi connectivity index (χ1) is 46.9. The Morgan fingerprint density at radius 1 is 0.436 bits per heavy atom. The van der Waals surface area contributed by atoms with E-state index in [0.29, 0.717) is 19.5 Å². The number of nitrogens with zero attached hydrogens (tertiary/aromatic N) is 3. The maximum atomic E-state index is 13.9. The van der Waals surface area contributed by atoms with Crippen LogP contribution in [-0.4, -0.2) is 205 Å². The second-order valence-corrected chi connectivity index (χ2v) is 16.6. The van der Waals surface area contributed by atoms with Crippen molar-refractivity contribution >= 4 is 91.5 Å². The number of aliphatic hydroxyl groups excluding tert-OH is 1. The quantitative estimate of drug-likeness (QED) is 0.0810. The fourth-order valence-corrected chi connectivity index (χ4v) is 5.55. The molecule has 0 aliphatic carbocycles. The summed E-state index contributed by atoms with van der Waals surface area (Å²) in [6, 6.07) is 27.1. The van der Waals surface area contributed by atoms with Crippen molar-refractivity contribution < 1.29 is 72.2 Å². The van der Waals surface area contributed by atoms with E-state index in [9.17, 15) is 19.2 Å². The van der Waals surface area contributed by atoms with Gasteiger partial charge in [0, 0.05) is 53.1 Å². The Morgan fingerprint density at radius 2 is 0.653 bits per heavy atom. The molecule has 4 amide bonds. The molecule has 0 bridgehead atoms. The Balaban J connectivity index is -0.0000000356. The van der Waals surface area contributed by atoms with E-state index in [0.717, 1.165) is 48.6 Å². The van der Waals surface area contributed by atoms with E-state index >= 15 is 0 Å². The average Bonchev–Trinajstić information content (AvgIpc) is 0.825. The van der Waals surface area contributed by atoms with Crippen LogP contribution in [0.2, 0.25) is 0 Å². The molecule has 0 aromatic heterocycles. The first-order valence-corrected chi connectivity index (χ1v) is 31.1. The minimum atomic E-state index is -0.861.